The highest BCUT2D eigenvalue weighted by Crippen LogP contribution is 2.22. The van der Waals surface area contributed by atoms with Gasteiger partial charge in [0.2, 0.25) is 0 Å². The van der Waals surface area contributed by atoms with Crippen molar-refractivity contribution < 1.29 is 22.7 Å². The number of nitrogens with one attached hydrogen (secondary N) is 1. The van der Waals surface area contributed by atoms with Crippen LogP contribution in [0.5, 0.6) is 5.75 Å². The molecule has 6 nitrogen and oxygen atoms in total. The predicted molar refractivity (Wildman–Crippen MR) is 88.9 cm³/mol. The van der Waals surface area contributed by atoms with E-state index < -0.39 is 12.7 Å². The monoisotopic (exact) mass is 366 g/mol. The second-order valence-corrected chi connectivity index (χ2v) is 5.88. The van der Waals surface area contributed by atoms with Crippen molar-refractivity contribution in [3.05, 3.63) is 48.2 Å². The van der Waals surface area contributed by atoms with E-state index in [0.29, 0.717) is 11.4 Å². The Labute approximate surface area is 147 Å². The summed E-state index contributed by atoms with van der Waals surface area (Å²) in [5.74, 6) is 0.471. The zero-order valence-electron chi connectivity index (χ0n) is 14.2. The maximum atomic E-state index is 12.6. The smallest absolute Gasteiger partial charge is 0.406 e. The number of carbonyl (C=O) groups excluding carboxylic acids is 1. The molecule has 0 aliphatic heterocycles. The van der Waals surface area contributed by atoms with Crippen LogP contribution in [0.2, 0.25) is 0 Å². The van der Waals surface area contributed by atoms with Crippen LogP contribution in [-0.4, -0.2) is 45.7 Å². The number of carbonyl (C=O) groups is 1. The van der Waals surface area contributed by atoms with E-state index in [1.165, 1.54) is 24.3 Å². The summed E-state index contributed by atoms with van der Waals surface area (Å²) in [5, 5.41) is 0.834. The molecule has 138 valence electrons. The Morgan fingerprint density at radius 2 is 2.12 bits per heavy atom. The van der Waals surface area contributed by atoms with Crippen molar-refractivity contribution in [3.63, 3.8) is 0 Å². The highest BCUT2D eigenvalue weighted by atomic mass is 19.4. The summed E-state index contributed by atoms with van der Waals surface area (Å²) in [7, 11) is 3.06. The van der Waals surface area contributed by atoms with E-state index in [4.69, 9.17) is 4.74 Å². The van der Waals surface area contributed by atoms with E-state index in [1.54, 1.807) is 25.3 Å². The molecule has 2 aromatic heterocycles. The Morgan fingerprint density at radius 1 is 1.35 bits per heavy atom. The molecule has 3 aromatic rings. The van der Waals surface area contributed by atoms with Gasteiger partial charge in [-0.1, -0.05) is 0 Å². The molecule has 0 radical (unpaired) electrons. The SMILES string of the molecule is COc1ccc2cc(C(=O)N(C)Cc3nccn3CC(F)(F)F)[nH]c2c1. The molecule has 0 bridgehead atoms. The van der Waals surface area contributed by atoms with Crippen molar-refractivity contribution in [2.75, 3.05) is 14.2 Å². The number of ether oxygens (including phenoxy) is 1. The quantitative estimate of drug-likeness (QED) is 0.754. The van der Waals surface area contributed by atoms with E-state index >= 15 is 0 Å². The zero-order valence-corrected chi connectivity index (χ0v) is 14.2. The zero-order chi connectivity index (χ0) is 18.9. The molecule has 1 N–H and O–H groups in total. The van der Waals surface area contributed by atoms with Gasteiger partial charge < -0.3 is 19.2 Å². The van der Waals surface area contributed by atoms with Gasteiger partial charge in [-0.05, 0) is 18.2 Å². The van der Waals surface area contributed by atoms with Crippen molar-refractivity contribution >= 4 is 16.8 Å². The van der Waals surface area contributed by atoms with Gasteiger partial charge >= 0.3 is 6.18 Å². The van der Waals surface area contributed by atoms with Crippen LogP contribution in [0.15, 0.2) is 36.7 Å². The van der Waals surface area contributed by atoms with E-state index in [1.807, 2.05) is 6.07 Å². The number of nitrogens with zero attached hydrogens (tertiary/aromatic N) is 3. The van der Waals surface area contributed by atoms with Gasteiger partial charge in [-0.3, -0.25) is 4.79 Å². The molecule has 0 atom stereocenters. The lowest BCUT2D eigenvalue weighted by atomic mass is 10.2. The maximum absolute atomic E-state index is 12.6. The van der Waals surface area contributed by atoms with Gasteiger partial charge in [0, 0.05) is 36.4 Å². The number of H-pyrrole nitrogens is 1. The Balaban J connectivity index is 1.77. The van der Waals surface area contributed by atoms with Gasteiger partial charge in [0.25, 0.3) is 5.91 Å². The van der Waals surface area contributed by atoms with Gasteiger partial charge in [-0.25, -0.2) is 4.98 Å². The highest BCUT2D eigenvalue weighted by Gasteiger charge is 2.29. The number of halogens is 3. The van der Waals surface area contributed by atoms with Gasteiger partial charge in [0.1, 0.15) is 23.8 Å². The number of hydrogen-bond acceptors (Lipinski definition) is 3. The molecule has 9 heteroatoms. The second kappa shape index (κ2) is 6.74. The summed E-state index contributed by atoms with van der Waals surface area (Å²) in [6.45, 7) is -1.18. The number of benzene rings is 1. The summed E-state index contributed by atoms with van der Waals surface area (Å²) in [6, 6.07) is 7.05. The van der Waals surface area contributed by atoms with Crippen molar-refractivity contribution in [3.8, 4) is 5.75 Å². The third-order valence-electron chi connectivity index (χ3n) is 3.94. The lowest BCUT2D eigenvalue weighted by molar-refractivity contribution is -0.141. The summed E-state index contributed by atoms with van der Waals surface area (Å²) < 4.78 is 43.9. The highest BCUT2D eigenvalue weighted by molar-refractivity contribution is 5.98. The third-order valence-corrected chi connectivity index (χ3v) is 3.94. The molecule has 0 spiro atoms. The van der Waals surface area contributed by atoms with Crippen molar-refractivity contribution in [2.45, 2.75) is 19.3 Å². The Hall–Kier alpha value is -2.97. The van der Waals surface area contributed by atoms with Crippen LogP contribution in [-0.2, 0) is 13.1 Å². The molecule has 0 unspecified atom stereocenters. The van der Waals surface area contributed by atoms with Gasteiger partial charge in [0.15, 0.2) is 0 Å². The van der Waals surface area contributed by atoms with Gasteiger partial charge in [-0.2, -0.15) is 13.2 Å². The number of fused-ring (bicyclic) bond motifs is 1. The number of alkyl halides is 3. The summed E-state index contributed by atoms with van der Waals surface area (Å²) in [6.07, 6.45) is -1.82. The van der Waals surface area contributed by atoms with Crippen LogP contribution in [0.1, 0.15) is 16.3 Å². The van der Waals surface area contributed by atoms with Gasteiger partial charge in [0.05, 0.1) is 13.7 Å². The van der Waals surface area contributed by atoms with Gasteiger partial charge in [-0.15, -0.1) is 0 Å². The number of methoxy groups -OCH3 is 1. The number of hydrogen-bond donors (Lipinski definition) is 1. The lowest BCUT2D eigenvalue weighted by Crippen LogP contribution is -2.29. The molecular formula is C17H17F3N4O2. The Bertz CT molecular complexity index is 930. The van der Waals surface area contributed by atoms with Crippen LogP contribution in [0, 0.1) is 0 Å². The number of amides is 1. The first-order valence-electron chi connectivity index (χ1n) is 7.76. The molecule has 0 aliphatic rings. The average Bonchev–Trinajstić information content (AvgIpc) is 3.18. The second-order valence-electron chi connectivity index (χ2n) is 5.88. The van der Waals surface area contributed by atoms with E-state index in [2.05, 4.69) is 9.97 Å². The average molecular weight is 366 g/mol. The molecular weight excluding hydrogens is 349 g/mol. The molecule has 0 saturated heterocycles. The van der Waals surface area contributed by atoms with Crippen molar-refractivity contribution in [1.82, 2.24) is 19.4 Å². The number of imidazole rings is 1. The lowest BCUT2D eigenvalue weighted by Gasteiger charge is -2.17. The maximum Gasteiger partial charge on any atom is 0.406 e. The van der Waals surface area contributed by atoms with Crippen molar-refractivity contribution in [2.24, 2.45) is 0 Å². The predicted octanol–water partition coefficient (Wildman–Crippen LogP) is 3.21. The largest absolute Gasteiger partial charge is 0.497 e. The van der Waals surface area contributed by atoms with Crippen LogP contribution < -0.4 is 4.74 Å². The molecule has 1 aromatic carbocycles. The number of aromatic amines is 1. The number of aromatic nitrogens is 3. The van der Waals surface area contributed by atoms with Crippen molar-refractivity contribution in [1.29, 1.82) is 0 Å². The Morgan fingerprint density at radius 3 is 2.81 bits per heavy atom. The van der Waals surface area contributed by atoms with E-state index in [0.717, 1.165) is 15.5 Å². The summed E-state index contributed by atoms with van der Waals surface area (Å²) >= 11 is 0. The molecule has 0 saturated carbocycles. The topological polar surface area (TPSA) is 63.1 Å². The van der Waals surface area contributed by atoms with Crippen LogP contribution in [0.3, 0.4) is 0 Å². The van der Waals surface area contributed by atoms with Crippen LogP contribution >= 0.6 is 0 Å². The standard InChI is InChI=1S/C17H17F3N4O2/c1-23(9-15-21-5-6-24(15)10-17(18,19)20)16(25)14-7-11-3-4-12(26-2)8-13(11)22-14/h3-8,22H,9-10H2,1-2H3. The molecule has 2 heterocycles. The Kier molecular flexibility index (Phi) is 4.62. The van der Waals surface area contributed by atoms with E-state index in [-0.39, 0.29) is 18.3 Å². The fourth-order valence-corrected chi connectivity index (χ4v) is 2.67. The molecule has 0 fully saturated rings. The summed E-state index contributed by atoms with van der Waals surface area (Å²) in [4.78, 5) is 20.8. The first kappa shape index (κ1) is 17.8. The van der Waals surface area contributed by atoms with E-state index in [9.17, 15) is 18.0 Å². The molecule has 1 amide bonds. The minimum atomic E-state index is -4.35. The fourth-order valence-electron chi connectivity index (χ4n) is 2.67. The fraction of sp³-hybridized carbons (Fsp3) is 0.294. The first-order chi connectivity index (χ1) is 12.3. The first-order valence-corrected chi connectivity index (χ1v) is 7.76. The molecule has 26 heavy (non-hydrogen) atoms. The minimum absolute atomic E-state index is 0.0411. The molecule has 3 rings (SSSR count). The minimum Gasteiger partial charge on any atom is -0.497 e. The van der Waals surface area contributed by atoms with Crippen LogP contribution in [0.4, 0.5) is 13.2 Å². The normalized spacial score (nSPS) is 11.7. The number of rotatable bonds is 5. The third kappa shape index (κ3) is 3.81. The van der Waals surface area contributed by atoms with Crippen LogP contribution in [0.25, 0.3) is 10.9 Å². The summed E-state index contributed by atoms with van der Waals surface area (Å²) in [5.41, 5.74) is 1.07. The molecule has 0 aliphatic carbocycles.